The van der Waals surface area contributed by atoms with E-state index in [9.17, 15) is 0 Å². The molecule has 0 aliphatic heterocycles. The minimum atomic E-state index is 0.492. The summed E-state index contributed by atoms with van der Waals surface area (Å²) in [5.74, 6) is 0.492. The summed E-state index contributed by atoms with van der Waals surface area (Å²) in [6.45, 7) is 0. The van der Waals surface area contributed by atoms with Gasteiger partial charge in [-0.05, 0) is 24.3 Å². The van der Waals surface area contributed by atoms with Gasteiger partial charge in [0.05, 0.1) is 18.7 Å². The number of hydrogen-bond donors (Lipinski definition) is 0. The number of pyridine rings is 1. The summed E-state index contributed by atoms with van der Waals surface area (Å²) in [4.78, 5) is 4.11. The van der Waals surface area contributed by atoms with Crippen LogP contribution in [0.15, 0.2) is 36.5 Å². The number of ether oxygens (including phenoxy) is 1. The molecule has 1 aromatic heterocycles. The SMILES string of the molecule is COc1ncccc1-c1ccc(Cl)cc1C#N. The van der Waals surface area contributed by atoms with Gasteiger partial charge in [-0.2, -0.15) is 5.26 Å². The van der Waals surface area contributed by atoms with Crippen molar-refractivity contribution in [2.75, 3.05) is 7.11 Å². The molecule has 17 heavy (non-hydrogen) atoms. The molecule has 3 nitrogen and oxygen atoms in total. The fraction of sp³-hybridized carbons (Fsp3) is 0.0769. The molecule has 0 radical (unpaired) electrons. The second kappa shape index (κ2) is 4.86. The average molecular weight is 245 g/mol. The van der Waals surface area contributed by atoms with Gasteiger partial charge in [-0.15, -0.1) is 0 Å². The van der Waals surface area contributed by atoms with Crippen molar-refractivity contribution in [3.05, 3.63) is 47.1 Å². The summed E-state index contributed by atoms with van der Waals surface area (Å²) >= 11 is 5.86. The Hall–Kier alpha value is -2.05. The van der Waals surface area contributed by atoms with E-state index in [1.807, 2.05) is 6.07 Å². The van der Waals surface area contributed by atoms with Crippen LogP contribution in [0, 0.1) is 11.3 Å². The van der Waals surface area contributed by atoms with Gasteiger partial charge in [0.25, 0.3) is 0 Å². The summed E-state index contributed by atoms with van der Waals surface area (Å²) in [6.07, 6.45) is 1.64. The highest BCUT2D eigenvalue weighted by molar-refractivity contribution is 6.30. The molecule has 0 fully saturated rings. The van der Waals surface area contributed by atoms with Gasteiger partial charge in [0.2, 0.25) is 5.88 Å². The first-order valence-electron chi connectivity index (χ1n) is 4.95. The number of halogens is 1. The second-order valence-electron chi connectivity index (χ2n) is 3.36. The minimum Gasteiger partial charge on any atom is -0.481 e. The maximum Gasteiger partial charge on any atom is 0.221 e. The molecule has 0 aliphatic carbocycles. The van der Waals surface area contributed by atoms with Gasteiger partial charge in [0.1, 0.15) is 0 Å². The lowest BCUT2D eigenvalue weighted by Crippen LogP contribution is -1.92. The highest BCUT2D eigenvalue weighted by Crippen LogP contribution is 2.31. The molecule has 0 saturated carbocycles. The third-order valence-electron chi connectivity index (χ3n) is 2.36. The monoisotopic (exact) mass is 244 g/mol. The summed E-state index contributed by atoms with van der Waals surface area (Å²) in [5.41, 5.74) is 2.05. The lowest BCUT2D eigenvalue weighted by Gasteiger charge is -2.08. The van der Waals surface area contributed by atoms with Crippen molar-refractivity contribution < 1.29 is 4.74 Å². The maximum absolute atomic E-state index is 9.10. The van der Waals surface area contributed by atoms with Crippen LogP contribution in [0.3, 0.4) is 0 Å². The van der Waals surface area contributed by atoms with Crippen LogP contribution < -0.4 is 4.74 Å². The lowest BCUT2D eigenvalue weighted by molar-refractivity contribution is 0.399. The molecule has 4 heteroatoms. The number of hydrogen-bond acceptors (Lipinski definition) is 3. The van der Waals surface area contributed by atoms with Gasteiger partial charge in [0.15, 0.2) is 0 Å². The van der Waals surface area contributed by atoms with Crippen molar-refractivity contribution in [2.45, 2.75) is 0 Å². The van der Waals surface area contributed by atoms with E-state index in [2.05, 4.69) is 11.1 Å². The molecule has 0 bridgehead atoms. The molecule has 0 atom stereocenters. The van der Waals surface area contributed by atoms with Gasteiger partial charge in [0, 0.05) is 22.3 Å². The number of benzene rings is 1. The van der Waals surface area contributed by atoms with Gasteiger partial charge in [-0.1, -0.05) is 17.7 Å². The van der Waals surface area contributed by atoms with Crippen molar-refractivity contribution in [3.8, 4) is 23.1 Å². The number of methoxy groups -OCH3 is 1. The van der Waals surface area contributed by atoms with E-state index in [0.29, 0.717) is 16.5 Å². The van der Waals surface area contributed by atoms with E-state index in [4.69, 9.17) is 21.6 Å². The van der Waals surface area contributed by atoms with E-state index >= 15 is 0 Å². The third-order valence-corrected chi connectivity index (χ3v) is 2.59. The van der Waals surface area contributed by atoms with Gasteiger partial charge >= 0.3 is 0 Å². The van der Waals surface area contributed by atoms with E-state index in [1.165, 1.54) is 0 Å². The van der Waals surface area contributed by atoms with E-state index in [1.54, 1.807) is 37.6 Å². The first-order valence-corrected chi connectivity index (χ1v) is 5.33. The molecular weight excluding hydrogens is 236 g/mol. The second-order valence-corrected chi connectivity index (χ2v) is 3.80. The van der Waals surface area contributed by atoms with Crippen molar-refractivity contribution in [1.82, 2.24) is 4.98 Å². The summed E-state index contributed by atoms with van der Waals surface area (Å²) in [7, 11) is 1.55. The van der Waals surface area contributed by atoms with Crippen LogP contribution in [0.4, 0.5) is 0 Å². The van der Waals surface area contributed by atoms with Crippen LogP contribution >= 0.6 is 11.6 Å². The van der Waals surface area contributed by atoms with Crippen LogP contribution in [-0.2, 0) is 0 Å². The standard InChI is InChI=1S/C13H9ClN2O/c1-17-13-12(3-2-6-16-13)11-5-4-10(14)7-9(11)8-15/h2-7H,1H3. The lowest BCUT2D eigenvalue weighted by atomic mass is 10.0. The van der Waals surface area contributed by atoms with Crippen LogP contribution in [0.25, 0.3) is 11.1 Å². The summed E-state index contributed by atoms with van der Waals surface area (Å²) < 4.78 is 5.18. The zero-order chi connectivity index (χ0) is 12.3. The predicted molar refractivity (Wildman–Crippen MR) is 66.0 cm³/mol. The zero-order valence-electron chi connectivity index (χ0n) is 9.14. The highest BCUT2D eigenvalue weighted by atomic mass is 35.5. The Morgan fingerprint density at radius 3 is 2.82 bits per heavy atom. The topological polar surface area (TPSA) is 45.9 Å². The first kappa shape index (κ1) is 11.4. The number of nitriles is 1. The Bertz CT molecular complexity index is 590. The first-order chi connectivity index (χ1) is 8.26. The largest absolute Gasteiger partial charge is 0.481 e. The molecule has 0 saturated heterocycles. The fourth-order valence-electron chi connectivity index (χ4n) is 1.60. The average Bonchev–Trinajstić information content (AvgIpc) is 2.38. The van der Waals surface area contributed by atoms with E-state index in [0.717, 1.165) is 11.1 Å². The van der Waals surface area contributed by atoms with Gasteiger partial charge < -0.3 is 4.74 Å². The number of nitrogens with zero attached hydrogens (tertiary/aromatic N) is 2. The number of rotatable bonds is 2. The molecule has 0 unspecified atom stereocenters. The molecule has 0 N–H and O–H groups in total. The molecule has 2 rings (SSSR count). The van der Waals surface area contributed by atoms with Gasteiger partial charge in [-0.3, -0.25) is 0 Å². The van der Waals surface area contributed by atoms with E-state index < -0.39 is 0 Å². The highest BCUT2D eigenvalue weighted by Gasteiger charge is 2.11. The molecule has 0 spiro atoms. The molecule has 2 aromatic rings. The van der Waals surface area contributed by atoms with Crippen LogP contribution in [-0.4, -0.2) is 12.1 Å². The Morgan fingerprint density at radius 2 is 2.12 bits per heavy atom. The van der Waals surface area contributed by atoms with Crippen LogP contribution in [0.5, 0.6) is 5.88 Å². The van der Waals surface area contributed by atoms with Gasteiger partial charge in [-0.25, -0.2) is 4.98 Å². The minimum absolute atomic E-state index is 0.492. The maximum atomic E-state index is 9.10. The van der Waals surface area contributed by atoms with Crippen molar-refractivity contribution in [2.24, 2.45) is 0 Å². The fourth-order valence-corrected chi connectivity index (χ4v) is 1.77. The van der Waals surface area contributed by atoms with Crippen LogP contribution in [0.2, 0.25) is 5.02 Å². The van der Waals surface area contributed by atoms with Crippen LogP contribution in [0.1, 0.15) is 5.56 Å². The molecule has 0 amide bonds. The zero-order valence-corrected chi connectivity index (χ0v) is 9.90. The Kier molecular flexibility index (Phi) is 3.27. The summed E-state index contributed by atoms with van der Waals surface area (Å²) in [6, 6.07) is 10.9. The molecule has 84 valence electrons. The van der Waals surface area contributed by atoms with Crippen molar-refractivity contribution in [1.29, 1.82) is 5.26 Å². The molecule has 1 aromatic carbocycles. The Morgan fingerprint density at radius 1 is 1.29 bits per heavy atom. The Balaban J connectivity index is 2.65. The quantitative estimate of drug-likeness (QED) is 0.814. The van der Waals surface area contributed by atoms with E-state index in [-0.39, 0.29) is 0 Å². The summed E-state index contributed by atoms with van der Waals surface area (Å²) in [5, 5.41) is 9.63. The third kappa shape index (κ3) is 2.22. The molecule has 0 aliphatic rings. The predicted octanol–water partition coefficient (Wildman–Crippen LogP) is 3.28. The van der Waals surface area contributed by atoms with Crippen molar-refractivity contribution in [3.63, 3.8) is 0 Å². The number of aromatic nitrogens is 1. The smallest absolute Gasteiger partial charge is 0.221 e. The van der Waals surface area contributed by atoms with Crippen molar-refractivity contribution >= 4 is 11.6 Å². The molecule has 1 heterocycles. The molecular formula is C13H9ClN2O. The normalized spacial score (nSPS) is 9.71. The Labute approximate surface area is 104 Å².